The molecule has 6 nitrogen and oxygen atoms in total. The first-order valence-corrected chi connectivity index (χ1v) is 7.94. The lowest BCUT2D eigenvalue weighted by atomic mass is 9.98. The number of allylic oxidation sites excluding steroid dienone is 2. The molecular formula is C20H18O6. The molecule has 4 N–H and O–H groups in total. The van der Waals surface area contributed by atoms with Gasteiger partial charge in [0.2, 0.25) is 5.43 Å². The van der Waals surface area contributed by atoms with E-state index >= 15 is 0 Å². The fraction of sp³-hybridized carbons (Fsp3) is 0.150. The van der Waals surface area contributed by atoms with Crippen LogP contribution in [-0.2, 0) is 6.42 Å². The largest absolute Gasteiger partial charge is 0.508 e. The third-order valence-corrected chi connectivity index (χ3v) is 4.10. The molecule has 0 saturated carbocycles. The molecule has 26 heavy (non-hydrogen) atoms. The van der Waals surface area contributed by atoms with Crippen molar-refractivity contribution in [1.29, 1.82) is 0 Å². The number of phenols is 4. The van der Waals surface area contributed by atoms with Crippen molar-refractivity contribution in [2.45, 2.75) is 20.3 Å². The fourth-order valence-electron chi connectivity index (χ4n) is 2.75. The SMILES string of the molecule is CC(C)=CCc1c(O)ccc(-c2coc3cc(O)cc(O)c3c2=O)c1O. The van der Waals surface area contributed by atoms with Crippen LogP contribution in [0.15, 0.2) is 51.4 Å². The smallest absolute Gasteiger partial charge is 0.204 e. The second kappa shape index (κ2) is 6.48. The first kappa shape index (κ1) is 17.4. The summed E-state index contributed by atoms with van der Waals surface area (Å²) < 4.78 is 5.36. The molecule has 0 amide bonds. The normalized spacial score (nSPS) is 10.8. The van der Waals surface area contributed by atoms with Gasteiger partial charge < -0.3 is 24.8 Å². The zero-order valence-electron chi connectivity index (χ0n) is 14.3. The molecular weight excluding hydrogens is 336 g/mol. The lowest BCUT2D eigenvalue weighted by Crippen LogP contribution is -2.05. The van der Waals surface area contributed by atoms with E-state index in [0.29, 0.717) is 6.42 Å². The van der Waals surface area contributed by atoms with E-state index in [4.69, 9.17) is 4.42 Å². The topological polar surface area (TPSA) is 111 Å². The number of aromatic hydroxyl groups is 4. The Balaban J connectivity index is 2.25. The summed E-state index contributed by atoms with van der Waals surface area (Å²) in [5.41, 5.74) is 0.997. The van der Waals surface area contributed by atoms with Crippen molar-refractivity contribution in [2.75, 3.05) is 0 Å². The highest BCUT2D eigenvalue weighted by Crippen LogP contribution is 2.38. The van der Waals surface area contributed by atoms with Crippen molar-refractivity contribution in [1.82, 2.24) is 0 Å². The zero-order chi connectivity index (χ0) is 19.0. The van der Waals surface area contributed by atoms with E-state index in [2.05, 4.69) is 0 Å². The van der Waals surface area contributed by atoms with Crippen LogP contribution in [0, 0.1) is 0 Å². The number of hydrogen-bond acceptors (Lipinski definition) is 6. The van der Waals surface area contributed by atoms with Crippen molar-refractivity contribution >= 4 is 11.0 Å². The zero-order valence-corrected chi connectivity index (χ0v) is 14.3. The Morgan fingerprint density at radius 1 is 1.04 bits per heavy atom. The lowest BCUT2D eigenvalue weighted by Gasteiger charge is -2.11. The summed E-state index contributed by atoms with van der Waals surface area (Å²) in [6.07, 6.45) is 3.29. The van der Waals surface area contributed by atoms with E-state index in [1.54, 1.807) is 0 Å². The molecule has 0 aliphatic carbocycles. The van der Waals surface area contributed by atoms with Gasteiger partial charge in [-0.1, -0.05) is 11.6 Å². The molecule has 3 rings (SSSR count). The third-order valence-electron chi connectivity index (χ3n) is 4.10. The molecule has 0 aliphatic rings. The lowest BCUT2D eigenvalue weighted by molar-refractivity contribution is 0.441. The van der Waals surface area contributed by atoms with E-state index in [9.17, 15) is 25.2 Å². The molecule has 0 unspecified atom stereocenters. The molecule has 3 aromatic rings. The minimum atomic E-state index is -0.557. The van der Waals surface area contributed by atoms with Crippen LogP contribution in [0.4, 0.5) is 0 Å². The average molecular weight is 354 g/mol. The van der Waals surface area contributed by atoms with Crippen molar-refractivity contribution in [3.63, 3.8) is 0 Å². The van der Waals surface area contributed by atoms with Gasteiger partial charge in [-0.25, -0.2) is 0 Å². The van der Waals surface area contributed by atoms with Gasteiger partial charge in [0.15, 0.2) is 0 Å². The first-order chi connectivity index (χ1) is 12.3. The maximum Gasteiger partial charge on any atom is 0.204 e. The van der Waals surface area contributed by atoms with Gasteiger partial charge in [-0.05, 0) is 32.4 Å². The fourth-order valence-corrected chi connectivity index (χ4v) is 2.75. The summed E-state index contributed by atoms with van der Waals surface area (Å²) in [7, 11) is 0. The average Bonchev–Trinajstić information content (AvgIpc) is 2.55. The summed E-state index contributed by atoms with van der Waals surface area (Å²) in [4.78, 5) is 12.8. The summed E-state index contributed by atoms with van der Waals surface area (Å²) in [5.74, 6) is -0.963. The van der Waals surface area contributed by atoms with Crippen molar-refractivity contribution in [2.24, 2.45) is 0 Å². The monoisotopic (exact) mass is 354 g/mol. The number of hydrogen-bond donors (Lipinski definition) is 4. The predicted molar refractivity (Wildman–Crippen MR) is 97.7 cm³/mol. The van der Waals surface area contributed by atoms with Crippen LogP contribution >= 0.6 is 0 Å². The Kier molecular flexibility index (Phi) is 4.34. The maximum absolute atomic E-state index is 12.8. The maximum atomic E-state index is 12.8. The number of rotatable bonds is 3. The van der Waals surface area contributed by atoms with E-state index in [-0.39, 0.29) is 44.9 Å². The minimum absolute atomic E-state index is 0.0271. The van der Waals surface area contributed by atoms with Gasteiger partial charge in [-0.3, -0.25) is 4.79 Å². The Labute approximate surface area is 148 Å². The summed E-state index contributed by atoms with van der Waals surface area (Å²) in [5, 5.41) is 40.0. The van der Waals surface area contributed by atoms with Crippen LogP contribution in [0.2, 0.25) is 0 Å². The van der Waals surface area contributed by atoms with Crippen molar-refractivity contribution in [3.8, 4) is 34.1 Å². The van der Waals surface area contributed by atoms with E-state index in [1.807, 2.05) is 19.9 Å². The molecule has 1 aromatic heterocycles. The van der Waals surface area contributed by atoms with Crippen LogP contribution in [-0.4, -0.2) is 20.4 Å². The van der Waals surface area contributed by atoms with Crippen LogP contribution in [0.25, 0.3) is 22.1 Å². The van der Waals surface area contributed by atoms with Gasteiger partial charge >= 0.3 is 0 Å². The number of benzene rings is 2. The Bertz CT molecular complexity index is 1090. The molecule has 0 saturated heterocycles. The quantitative estimate of drug-likeness (QED) is 0.533. The molecule has 0 fully saturated rings. The van der Waals surface area contributed by atoms with Gasteiger partial charge in [0.25, 0.3) is 0 Å². The number of fused-ring (bicyclic) bond motifs is 1. The third kappa shape index (κ3) is 2.97. The summed E-state index contributed by atoms with van der Waals surface area (Å²) in [6.45, 7) is 3.79. The molecule has 0 radical (unpaired) electrons. The van der Waals surface area contributed by atoms with Crippen LogP contribution in [0.5, 0.6) is 23.0 Å². The Morgan fingerprint density at radius 3 is 2.46 bits per heavy atom. The highest BCUT2D eigenvalue weighted by atomic mass is 16.3. The Morgan fingerprint density at radius 2 is 1.77 bits per heavy atom. The molecule has 134 valence electrons. The van der Waals surface area contributed by atoms with E-state index in [1.165, 1.54) is 18.2 Å². The van der Waals surface area contributed by atoms with Gasteiger partial charge in [0.05, 0.1) is 5.56 Å². The molecule has 6 heteroatoms. The van der Waals surface area contributed by atoms with Gasteiger partial charge in [0, 0.05) is 23.3 Å². The Hall–Kier alpha value is -3.41. The minimum Gasteiger partial charge on any atom is -0.508 e. The highest BCUT2D eigenvalue weighted by molar-refractivity contribution is 5.89. The van der Waals surface area contributed by atoms with Gasteiger partial charge in [-0.15, -0.1) is 0 Å². The molecule has 0 bridgehead atoms. The van der Waals surface area contributed by atoms with Crippen LogP contribution in [0.1, 0.15) is 19.4 Å². The molecule has 0 atom stereocenters. The van der Waals surface area contributed by atoms with Crippen LogP contribution in [0.3, 0.4) is 0 Å². The number of phenolic OH excluding ortho intramolecular Hbond substituents is 4. The molecule has 2 aromatic carbocycles. The predicted octanol–water partition coefficient (Wildman–Crippen LogP) is 3.79. The van der Waals surface area contributed by atoms with Crippen molar-refractivity contribution < 1.29 is 24.8 Å². The molecule has 1 heterocycles. The van der Waals surface area contributed by atoms with Gasteiger partial charge in [0.1, 0.15) is 40.2 Å². The molecule has 0 spiro atoms. The van der Waals surface area contributed by atoms with E-state index < -0.39 is 11.2 Å². The standard InChI is InChI=1S/C20H18O6/c1-10(2)3-4-13-15(22)6-5-12(19(13)24)14-9-26-17-8-11(21)7-16(23)18(17)20(14)25/h3,5-9,21-24H,4H2,1-2H3. The molecule has 0 aliphatic heterocycles. The second-order valence-electron chi connectivity index (χ2n) is 6.26. The summed E-state index contributed by atoms with van der Waals surface area (Å²) in [6, 6.07) is 5.06. The highest BCUT2D eigenvalue weighted by Gasteiger charge is 2.19. The summed E-state index contributed by atoms with van der Waals surface area (Å²) >= 11 is 0. The second-order valence-corrected chi connectivity index (χ2v) is 6.26. The van der Waals surface area contributed by atoms with Crippen LogP contribution < -0.4 is 5.43 Å². The van der Waals surface area contributed by atoms with Crippen molar-refractivity contribution in [3.05, 3.63) is 58.0 Å². The first-order valence-electron chi connectivity index (χ1n) is 7.94. The van der Waals surface area contributed by atoms with Gasteiger partial charge in [-0.2, -0.15) is 0 Å². The van der Waals surface area contributed by atoms with E-state index in [0.717, 1.165) is 17.9 Å².